The number of benzene rings is 2. The van der Waals surface area contributed by atoms with Crippen molar-refractivity contribution in [1.29, 1.82) is 0 Å². The summed E-state index contributed by atoms with van der Waals surface area (Å²) in [5, 5.41) is 11.2. The van der Waals surface area contributed by atoms with Gasteiger partial charge in [0.1, 0.15) is 5.75 Å². The number of rotatable bonds is 6. The van der Waals surface area contributed by atoms with Crippen molar-refractivity contribution in [3.63, 3.8) is 0 Å². The van der Waals surface area contributed by atoms with Crippen molar-refractivity contribution in [2.24, 2.45) is 5.10 Å². The van der Waals surface area contributed by atoms with Crippen LogP contribution in [0.25, 0.3) is 11.4 Å². The number of anilines is 1. The molecule has 1 N–H and O–H groups in total. The molecule has 0 saturated carbocycles. The molecule has 9 heteroatoms. The highest BCUT2D eigenvalue weighted by Crippen LogP contribution is 2.22. The number of nitrogens with one attached hydrogen (secondary N) is 1. The summed E-state index contributed by atoms with van der Waals surface area (Å²) >= 11 is 5.23. The zero-order chi connectivity index (χ0) is 19.4. The lowest BCUT2D eigenvalue weighted by Gasteiger charge is -2.11. The molecule has 2 aromatic carbocycles. The first kappa shape index (κ1) is 18.7. The summed E-state index contributed by atoms with van der Waals surface area (Å²) in [6.07, 6.45) is 1.67. The first-order valence-electron chi connectivity index (χ1n) is 7.98. The van der Waals surface area contributed by atoms with Crippen LogP contribution in [-0.4, -0.2) is 41.8 Å². The standard InChI is InChI=1S/C18H17F2N5OS/c1-24(2)14-7-3-12(4-8-14)11-21-25-16(22-23-18(25)27)13-5-9-15(10-6-13)26-17(19)20/h3-11,17H,1-2H3,(H,23,27). The van der Waals surface area contributed by atoms with Gasteiger partial charge in [-0.05, 0) is 54.2 Å². The van der Waals surface area contributed by atoms with Crippen molar-refractivity contribution >= 4 is 24.1 Å². The molecule has 0 spiro atoms. The molecule has 3 rings (SSSR count). The molecule has 0 fully saturated rings. The van der Waals surface area contributed by atoms with Crippen LogP contribution >= 0.6 is 12.2 Å². The van der Waals surface area contributed by atoms with E-state index in [1.165, 1.54) is 16.8 Å². The molecule has 0 aliphatic rings. The maximum absolute atomic E-state index is 12.3. The lowest BCUT2D eigenvalue weighted by atomic mass is 10.2. The third-order valence-electron chi connectivity index (χ3n) is 3.72. The molecule has 3 aromatic rings. The smallest absolute Gasteiger partial charge is 0.387 e. The molecule has 0 atom stereocenters. The molecular formula is C18H17F2N5OS. The van der Waals surface area contributed by atoms with Gasteiger partial charge in [0, 0.05) is 25.3 Å². The Morgan fingerprint density at radius 2 is 1.81 bits per heavy atom. The number of H-pyrrole nitrogens is 1. The van der Waals surface area contributed by atoms with Crippen LogP contribution in [0.4, 0.5) is 14.5 Å². The summed E-state index contributed by atoms with van der Waals surface area (Å²) in [6.45, 7) is -2.87. The molecule has 27 heavy (non-hydrogen) atoms. The SMILES string of the molecule is CN(C)c1ccc(C=Nn2c(-c3ccc(OC(F)F)cc3)n[nH]c2=S)cc1. The molecule has 0 amide bonds. The second-order valence-corrected chi connectivity index (χ2v) is 6.18. The first-order chi connectivity index (χ1) is 12.9. The maximum Gasteiger partial charge on any atom is 0.387 e. The van der Waals surface area contributed by atoms with Crippen molar-refractivity contribution < 1.29 is 13.5 Å². The highest BCUT2D eigenvalue weighted by molar-refractivity contribution is 7.71. The minimum atomic E-state index is -2.87. The average Bonchev–Trinajstić information content (AvgIpc) is 3.01. The molecule has 0 aliphatic carbocycles. The normalized spacial score (nSPS) is 11.3. The summed E-state index contributed by atoms with van der Waals surface area (Å²) in [5.74, 6) is 0.531. The fourth-order valence-corrected chi connectivity index (χ4v) is 2.53. The van der Waals surface area contributed by atoms with Crippen LogP contribution in [0.3, 0.4) is 0 Å². The van der Waals surface area contributed by atoms with E-state index in [1.54, 1.807) is 18.3 Å². The quantitative estimate of drug-likeness (QED) is 0.508. The van der Waals surface area contributed by atoms with Gasteiger partial charge in [0.25, 0.3) is 0 Å². The summed E-state index contributed by atoms with van der Waals surface area (Å²) < 4.78 is 30.7. The highest BCUT2D eigenvalue weighted by atomic mass is 32.1. The van der Waals surface area contributed by atoms with E-state index in [-0.39, 0.29) is 5.75 Å². The Balaban J connectivity index is 1.85. The van der Waals surface area contributed by atoms with Gasteiger partial charge < -0.3 is 9.64 Å². The highest BCUT2D eigenvalue weighted by Gasteiger charge is 2.10. The number of hydrogen-bond acceptors (Lipinski definition) is 5. The molecule has 0 unspecified atom stereocenters. The zero-order valence-corrected chi connectivity index (χ0v) is 15.5. The van der Waals surface area contributed by atoms with Crippen LogP contribution in [0.2, 0.25) is 0 Å². The van der Waals surface area contributed by atoms with E-state index >= 15 is 0 Å². The van der Waals surface area contributed by atoms with Gasteiger partial charge in [-0.25, -0.2) is 5.10 Å². The van der Waals surface area contributed by atoms with Crippen LogP contribution in [-0.2, 0) is 0 Å². The van der Waals surface area contributed by atoms with Crippen molar-refractivity contribution in [3.8, 4) is 17.1 Å². The number of aromatic amines is 1. The molecule has 6 nitrogen and oxygen atoms in total. The summed E-state index contributed by atoms with van der Waals surface area (Å²) in [5.41, 5.74) is 2.64. The Morgan fingerprint density at radius 3 is 2.41 bits per heavy atom. The Hall–Kier alpha value is -3.07. The van der Waals surface area contributed by atoms with Gasteiger partial charge in [-0.2, -0.15) is 23.7 Å². The van der Waals surface area contributed by atoms with E-state index in [1.807, 2.05) is 43.3 Å². The second kappa shape index (κ2) is 8.09. The lowest BCUT2D eigenvalue weighted by Crippen LogP contribution is -2.08. The van der Waals surface area contributed by atoms with Crippen LogP contribution < -0.4 is 9.64 Å². The predicted molar refractivity (Wildman–Crippen MR) is 103 cm³/mol. The van der Waals surface area contributed by atoms with Crippen LogP contribution in [0, 0.1) is 4.77 Å². The summed E-state index contributed by atoms with van der Waals surface area (Å²) in [4.78, 5) is 2.01. The van der Waals surface area contributed by atoms with Crippen LogP contribution in [0.1, 0.15) is 5.56 Å². The third-order valence-corrected chi connectivity index (χ3v) is 3.98. The molecule has 1 aromatic heterocycles. The molecule has 140 valence electrons. The minimum Gasteiger partial charge on any atom is -0.435 e. The van der Waals surface area contributed by atoms with Gasteiger partial charge in [0.2, 0.25) is 4.77 Å². The van der Waals surface area contributed by atoms with Gasteiger partial charge in [0.05, 0.1) is 6.21 Å². The second-order valence-electron chi connectivity index (χ2n) is 5.80. The van der Waals surface area contributed by atoms with Gasteiger partial charge >= 0.3 is 6.61 Å². The van der Waals surface area contributed by atoms with Gasteiger partial charge in [-0.3, -0.25) is 0 Å². The Bertz CT molecular complexity index is 978. The maximum atomic E-state index is 12.3. The van der Waals surface area contributed by atoms with E-state index in [4.69, 9.17) is 12.2 Å². The topological polar surface area (TPSA) is 58.4 Å². The average molecular weight is 389 g/mol. The van der Waals surface area contributed by atoms with Crippen molar-refractivity contribution in [2.45, 2.75) is 6.61 Å². The van der Waals surface area contributed by atoms with Crippen molar-refractivity contribution in [2.75, 3.05) is 19.0 Å². The van der Waals surface area contributed by atoms with E-state index in [0.29, 0.717) is 16.2 Å². The molecule has 0 radical (unpaired) electrons. The zero-order valence-electron chi connectivity index (χ0n) is 14.6. The molecular weight excluding hydrogens is 372 g/mol. The Kier molecular flexibility index (Phi) is 5.60. The number of halogens is 2. The molecule has 0 aliphatic heterocycles. The van der Waals surface area contributed by atoms with E-state index in [9.17, 15) is 8.78 Å². The largest absolute Gasteiger partial charge is 0.435 e. The number of alkyl halides is 2. The first-order valence-corrected chi connectivity index (χ1v) is 8.39. The molecule has 0 saturated heterocycles. The summed E-state index contributed by atoms with van der Waals surface area (Å²) in [6, 6.07) is 14.0. The van der Waals surface area contributed by atoms with Gasteiger partial charge in [-0.1, -0.05) is 12.1 Å². The molecule has 1 heterocycles. The number of ether oxygens (including phenoxy) is 1. The van der Waals surface area contributed by atoms with Crippen molar-refractivity contribution in [3.05, 3.63) is 58.9 Å². The lowest BCUT2D eigenvalue weighted by molar-refractivity contribution is -0.0498. The van der Waals surface area contributed by atoms with E-state index < -0.39 is 6.61 Å². The minimum absolute atomic E-state index is 0.0684. The Morgan fingerprint density at radius 1 is 1.15 bits per heavy atom. The number of hydrogen-bond donors (Lipinski definition) is 1. The summed E-state index contributed by atoms with van der Waals surface area (Å²) in [7, 11) is 3.94. The van der Waals surface area contributed by atoms with E-state index in [0.717, 1.165) is 11.3 Å². The fourth-order valence-electron chi connectivity index (χ4n) is 2.35. The molecule has 0 bridgehead atoms. The third kappa shape index (κ3) is 4.56. The van der Waals surface area contributed by atoms with Crippen LogP contribution in [0.5, 0.6) is 5.75 Å². The predicted octanol–water partition coefficient (Wildman–Crippen LogP) is 4.16. The van der Waals surface area contributed by atoms with E-state index in [2.05, 4.69) is 20.0 Å². The Labute approximate surface area is 159 Å². The number of aromatic nitrogens is 3. The number of nitrogens with zero attached hydrogens (tertiary/aromatic N) is 4. The monoisotopic (exact) mass is 389 g/mol. The van der Waals surface area contributed by atoms with Crippen molar-refractivity contribution in [1.82, 2.24) is 14.9 Å². The van der Waals surface area contributed by atoms with Gasteiger partial charge in [0.15, 0.2) is 5.82 Å². The fraction of sp³-hybridized carbons (Fsp3) is 0.167. The van der Waals surface area contributed by atoms with Crippen LogP contribution in [0.15, 0.2) is 53.6 Å². The van der Waals surface area contributed by atoms with Gasteiger partial charge in [-0.15, -0.1) is 0 Å².